The number of halogens is 1. The highest BCUT2D eigenvalue weighted by molar-refractivity contribution is 6.30. The van der Waals surface area contributed by atoms with Gasteiger partial charge in [0.25, 0.3) is 5.56 Å². The fourth-order valence-corrected chi connectivity index (χ4v) is 4.17. The fourth-order valence-electron chi connectivity index (χ4n) is 3.97. The molecule has 1 aliphatic rings. The molecular weight excluding hydrogens is 412 g/mol. The quantitative estimate of drug-likeness (QED) is 0.565. The molecule has 1 atom stereocenters. The largest absolute Gasteiger partial charge is 0.381 e. The fraction of sp³-hybridized carbons (Fsp3) is 0.375. The Morgan fingerprint density at radius 2 is 2.06 bits per heavy atom. The Kier molecular flexibility index (Phi) is 6.99. The molecule has 2 aromatic heterocycles. The lowest BCUT2D eigenvalue weighted by molar-refractivity contribution is 0.0903. The summed E-state index contributed by atoms with van der Waals surface area (Å²) in [7, 11) is 0. The van der Waals surface area contributed by atoms with Gasteiger partial charge in [0.1, 0.15) is 0 Å². The number of rotatable bonds is 7. The molecule has 1 aromatic carbocycles. The summed E-state index contributed by atoms with van der Waals surface area (Å²) in [6.45, 7) is 3.62. The third-order valence-electron chi connectivity index (χ3n) is 5.59. The van der Waals surface area contributed by atoms with Crippen LogP contribution in [-0.4, -0.2) is 33.8 Å². The molecule has 0 unspecified atom stereocenters. The van der Waals surface area contributed by atoms with Crippen LogP contribution in [0.2, 0.25) is 5.02 Å². The van der Waals surface area contributed by atoms with E-state index in [0.29, 0.717) is 17.0 Å². The van der Waals surface area contributed by atoms with Gasteiger partial charge in [-0.1, -0.05) is 37.1 Å². The highest BCUT2D eigenvalue weighted by Gasteiger charge is 2.17. The summed E-state index contributed by atoms with van der Waals surface area (Å²) < 4.78 is 7.18. The zero-order valence-electron chi connectivity index (χ0n) is 17.6. The molecule has 0 saturated carbocycles. The smallest absolute Gasteiger partial charge is 0.251 e. The lowest BCUT2D eigenvalue weighted by Crippen LogP contribution is -2.28. The van der Waals surface area contributed by atoms with E-state index in [0.717, 1.165) is 55.7 Å². The van der Waals surface area contributed by atoms with E-state index in [1.807, 2.05) is 42.6 Å². The van der Waals surface area contributed by atoms with Gasteiger partial charge >= 0.3 is 0 Å². The maximum Gasteiger partial charge on any atom is 0.251 e. The first kappa shape index (κ1) is 21.5. The monoisotopic (exact) mass is 438 g/mol. The van der Waals surface area contributed by atoms with Gasteiger partial charge in [-0.15, -0.1) is 0 Å². The van der Waals surface area contributed by atoms with Crippen LogP contribution in [0.5, 0.6) is 0 Å². The van der Waals surface area contributed by atoms with Gasteiger partial charge in [0.15, 0.2) is 0 Å². The van der Waals surface area contributed by atoms with Gasteiger partial charge in [0, 0.05) is 48.3 Å². The highest BCUT2D eigenvalue weighted by atomic mass is 35.5. The first-order chi connectivity index (χ1) is 15.1. The number of pyridine rings is 1. The molecule has 0 amide bonds. The second-order valence-electron chi connectivity index (χ2n) is 7.82. The van der Waals surface area contributed by atoms with Gasteiger partial charge in [-0.2, -0.15) is 0 Å². The summed E-state index contributed by atoms with van der Waals surface area (Å²) in [5.41, 5.74) is 2.48. The lowest BCUT2D eigenvalue weighted by Gasteiger charge is -2.23. The standard InChI is InChI=1S/C24H27ClN4O2/c1-2-4-22(18-5-3-6-19(25)15-18)29-12-8-17(16-23(29)30)21-7-11-26-24(28-21)27-20-9-13-31-14-10-20/h3,5-8,11-12,15-16,20,22H,2,4,9-10,13-14H2,1H3,(H,26,27,28)/t22-/m1/s1. The molecule has 3 aromatic rings. The van der Waals surface area contributed by atoms with Gasteiger partial charge in [-0.05, 0) is 49.1 Å². The molecule has 3 heterocycles. The number of hydrogen-bond donors (Lipinski definition) is 1. The maximum atomic E-state index is 13.0. The van der Waals surface area contributed by atoms with Crippen molar-refractivity contribution in [1.29, 1.82) is 0 Å². The van der Waals surface area contributed by atoms with E-state index < -0.39 is 0 Å². The molecule has 1 saturated heterocycles. The molecule has 31 heavy (non-hydrogen) atoms. The van der Waals surface area contributed by atoms with Crippen molar-refractivity contribution in [3.05, 3.63) is 75.8 Å². The molecule has 0 spiro atoms. The molecule has 1 fully saturated rings. The summed E-state index contributed by atoms with van der Waals surface area (Å²) in [6.07, 6.45) is 7.26. The van der Waals surface area contributed by atoms with Crippen LogP contribution in [0.4, 0.5) is 5.95 Å². The predicted octanol–water partition coefficient (Wildman–Crippen LogP) is 4.94. The van der Waals surface area contributed by atoms with Crippen molar-refractivity contribution in [3.8, 4) is 11.3 Å². The lowest BCUT2D eigenvalue weighted by atomic mass is 10.0. The number of nitrogens with zero attached hydrogens (tertiary/aromatic N) is 3. The first-order valence-electron chi connectivity index (χ1n) is 10.8. The minimum Gasteiger partial charge on any atom is -0.381 e. The van der Waals surface area contributed by atoms with E-state index in [1.54, 1.807) is 16.8 Å². The Balaban J connectivity index is 1.59. The molecule has 0 radical (unpaired) electrons. The van der Waals surface area contributed by atoms with Crippen molar-refractivity contribution in [3.63, 3.8) is 0 Å². The van der Waals surface area contributed by atoms with E-state index in [2.05, 4.69) is 22.2 Å². The highest BCUT2D eigenvalue weighted by Crippen LogP contribution is 2.26. The SMILES string of the molecule is CCC[C@H](c1cccc(Cl)c1)n1ccc(-c2ccnc(NC3CCOCC3)n2)cc1=O. The molecule has 1 aliphatic heterocycles. The number of aromatic nitrogens is 3. The van der Waals surface area contributed by atoms with Crippen molar-refractivity contribution >= 4 is 17.5 Å². The summed E-state index contributed by atoms with van der Waals surface area (Å²) in [5, 5.41) is 4.06. The van der Waals surface area contributed by atoms with E-state index in [9.17, 15) is 4.79 Å². The van der Waals surface area contributed by atoms with Crippen LogP contribution in [0.3, 0.4) is 0 Å². The van der Waals surface area contributed by atoms with Crippen LogP contribution < -0.4 is 10.9 Å². The zero-order chi connectivity index (χ0) is 21.6. The van der Waals surface area contributed by atoms with Crippen LogP contribution in [-0.2, 0) is 4.74 Å². The topological polar surface area (TPSA) is 69.0 Å². The van der Waals surface area contributed by atoms with Crippen LogP contribution in [0, 0.1) is 0 Å². The Hall–Kier alpha value is -2.70. The summed E-state index contributed by atoms with van der Waals surface area (Å²) >= 11 is 6.19. The first-order valence-corrected chi connectivity index (χ1v) is 11.2. The van der Waals surface area contributed by atoms with E-state index in [4.69, 9.17) is 16.3 Å². The molecule has 4 rings (SSSR count). The molecule has 0 bridgehead atoms. The number of ether oxygens (including phenoxy) is 1. The van der Waals surface area contributed by atoms with Gasteiger partial charge in [-0.25, -0.2) is 9.97 Å². The van der Waals surface area contributed by atoms with E-state index >= 15 is 0 Å². The van der Waals surface area contributed by atoms with Crippen LogP contribution >= 0.6 is 11.6 Å². The molecule has 7 heteroatoms. The van der Waals surface area contributed by atoms with Gasteiger partial charge in [0.05, 0.1) is 11.7 Å². The molecular formula is C24H27ClN4O2. The molecule has 0 aliphatic carbocycles. The van der Waals surface area contributed by atoms with Gasteiger partial charge in [0.2, 0.25) is 5.95 Å². The normalized spacial score (nSPS) is 15.5. The minimum absolute atomic E-state index is 0.0543. The van der Waals surface area contributed by atoms with Crippen molar-refractivity contribution in [2.75, 3.05) is 18.5 Å². The van der Waals surface area contributed by atoms with Crippen molar-refractivity contribution in [1.82, 2.24) is 14.5 Å². The minimum atomic E-state index is -0.0616. The van der Waals surface area contributed by atoms with E-state index in [1.165, 1.54) is 0 Å². The Labute approximate surface area is 187 Å². The third-order valence-corrected chi connectivity index (χ3v) is 5.82. The Morgan fingerprint density at radius 1 is 1.23 bits per heavy atom. The summed E-state index contributed by atoms with van der Waals surface area (Å²) in [6, 6.07) is 13.4. The number of hydrogen-bond acceptors (Lipinski definition) is 5. The van der Waals surface area contributed by atoms with Gasteiger partial charge in [-0.3, -0.25) is 4.79 Å². The summed E-state index contributed by atoms with van der Waals surface area (Å²) in [4.78, 5) is 22.0. The predicted molar refractivity (Wildman–Crippen MR) is 124 cm³/mol. The summed E-state index contributed by atoms with van der Waals surface area (Å²) in [5.74, 6) is 0.580. The van der Waals surface area contributed by atoms with Gasteiger partial charge < -0.3 is 14.6 Å². The molecule has 1 N–H and O–H groups in total. The number of nitrogens with one attached hydrogen (secondary N) is 1. The second-order valence-corrected chi connectivity index (χ2v) is 8.25. The molecule has 162 valence electrons. The van der Waals surface area contributed by atoms with Crippen molar-refractivity contribution in [2.24, 2.45) is 0 Å². The molecule has 6 nitrogen and oxygen atoms in total. The average Bonchev–Trinajstić information content (AvgIpc) is 2.79. The second kappa shape index (κ2) is 10.1. The van der Waals surface area contributed by atoms with E-state index in [-0.39, 0.29) is 11.6 Å². The van der Waals surface area contributed by atoms with Crippen LogP contribution in [0.15, 0.2) is 59.7 Å². The Morgan fingerprint density at radius 3 is 2.81 bits per heavy atom. The maximum absolute atomic E-state index is 13.0. The van der Waals surface area contributed by atoms with Crippen molar-refractivity contribution in [2.45, 2.75) is 44.7 Å². The Bertz CT molecular complexity index is 1080. The number of anilines is 1. The van der Waals surface area contributed by atoms with Crippen molar-refractivity contribution < 1.29 is 4.74 Å². The van der Waals surface area contributed by atoms with Crippen LogP contribution in [0.25, 0.3) is 11.3 Å². The average molecular weight is 439 g/mol. The number of benzene rings is 1. The van der Waals surface area contributed by atoms with Crippen LogP contribution in [0.1, 0.15) is 44.2 Å². The third kappa shape index (κ3) is 5.32. The zero-order valence-corrected chi connectivity index (χ0v) is 18.4.